The van der Waals surface area contributed by atoms with Gasteiger partial charge in [0.15, 0.2) is 0 Å². The molecule has 2 N–H and O–H groups in total. The zero-order valence-electron chi connectivity index (χ0n) is 7.89. The highest BCUT2D eigenvalue weighted by Crippen LogP contribution is 1.99. The SMILES string of the molecule is CSCCC(=O)NCC(C)(C)O. The molecule has 0 fully saturated rings. The molecule has 72 valence electrons. The van der Waals surface area contributed by atoms with Gasteiger partial charge in [0.2, 0.25) is 5.91 Å². The molecule has 0 heterocycles. The summed E-state index contributed by atoms with van der Waals surface area (Å²) in [4.78, 5) is 11.0. The van der Waals surface area contributed by atoms with Crippen LogP contribution in [0.15, 0.2) is 0 Å². The Hall–Kier alpha value is -0.220. The van der Waals surface area contributed by atoms with E-state index in [2.05, 4.69) is 5.32 Å². The quantitative estimate of drug-likeness (QED) is 0.670. The van der Waals surface area contributed by atoms with Crippen molar-refractivity contribution in [2.24, 2.45) is 0 Å². The number of carbonyl (C=O) groups excluding carboxylic acids is 1. The van der Waals surface area contributed by atoms with Gasteiger partial charge in [-0.1, -0.05) is 0 Å². The summed E-state index contributed by atoms with van der Waals surface area (Å²) >= 11 is 1.64. The highest BCUT2D eigenvalue weighted by atomic mass is 32.2. The molecule has 0 bridgehead atoms. The van der Waals surface area contributed by atoms with E-state index in [1.54, 1.807) is 25.6 Å². The maximum atomic E-state index is 11.0. The molecule has 0 radical (unpaired) electrons. The largest absolute Gasteiger partial charge is 0.389 e. The molecular formula is C8H17NO2S. The molecule has 4 heteroatoms. The Kier molecular flexibility index (Phi) is 5.33. The molecule has 0 aliphatic rings. The third kappa shape index (κ3) is 7.88. The molecule has 0 saturated carbocycles. The van der Waals surface area contributed by atoms with Crippen molar-refractivity contribution in [2.75, 3.05) is 18.6 Å². The van der Waals surface area contributed by atoms with Crippen molar-refractivity contribution in [1.82, 2.24) is 5.32 Å². The van der Waals surface area contributed by atoms with Crippen LogP contribution in [0.3, 0.4) is 0 Å². The van der Waals surface area contributed by atoms with Gasteiger partial charge in [0.05, 0.1) is 5.60 Å². The first-order valence-corrected chi connectivity index (χ1v) is 5.33. The molecule has 0 spiro atoms. The summed E-state index contributed by atoms with van der Waals surface area (Å²) in [6.45, 7) is 3.66. The summed E-state index contributed by atoms with van der Waals surface area (Å²) in [6.07, 6.45) is 2.49. The number of thioether (sulfide) groups is 1. The van der Waals surface area contributed by atoms with Gasteiger partial charge in [-0.15, -0.1) is 0 Å². The van der Waals surface area contributed by atoms with Gasteiger partial charge in [0.25, 0.3) is 0 Å². The normalized spacial score (nSPS) is 11.3. The van der Waals surface area contributed by atoms with Gasteiger partial charge >= 0.3 is 0 Å². The van der Waals surface area contributed by atoms with Crippen LogP contribution in [-0.2, 0) is 4.79 Å². The molecule has 0 atom stereocenters. The molecule has 0 aromatic carbocycles. The van der Waals surface area contributed by atoms with Gasteiger partial charge in [0.1, 0.15) is 0 Å². The molecule has 0 aromatic heterocycles. The molecule has 0 rings (SSSR count). The summed E-state index contributed by atoms with van der Waals surface area (Å²) in [5.74, 6) is 0.837. The van der Waals surface area contributed by atoms with Gasteiger partial charge in [0, 0.05) is 18.7 Å². The van der Waals surface area contributed by atoms with Crippen molar-refractivity contribution in [1.29, 1.82) is 0 Å². The van der Waals surface area contributed by atoms with E-state index in [4.69, 9.17) is 0 Å². The summed E-state index contributed by atoms with van der Waals surface area (Å²) in [6, 6.07) is 0. The summed E-state index contributed by atoms with van der Waals surface area (Å²) in [7, 11) is 0. The summed E-state index contributed by atoms with van der Waals surface area (Å²) in [5, 5.41) is 11.9. The number of nitrogens with one attached hydrogen (secondary N) is 1. The molecule has 0 aliphatic carbocycles. The molecular weight excluding hydrogens is 174 g/mol. The zero-order chi connectivity index (χ0) is 9.61. The maximum Gasteiger partial charge on any atom is 0.220 e. The molecule has 3 nitrogen and oxygen atoms in total. The minimum atomic E-state index is -0.810. The molecule has 0 aliphatic heterocycles. The third-order valence-corrected chi connectivity index (χ3v) is 1.86. The van der Waals surface area contributed by atoms with Gasteiger partial charge in [-0.25, -0.2) is 0 Å². The first-order chi connectivity index (χ1) is 5.45. The van der Waals surface area contributed by atoms with Crippen LogP contribution in [0.2, 0.25) is 0 Å². The average Bonchev–Trinajstić information content (AvgIpc) is 1.95. The zero-order valence-corrected chi connectivity index (χ0v) is 8.70. The predicted molar refractivity (Wildman–Crippen MR) is 52.3 cm³/mol. The Morgan fingerprint density at radius 1 is 1.58 bits per heavy atom. The highest BCUT2D eigenvalue weighted by Gasteiger charge is 2.13. The second-order valence-corrected chi connectivity index (χ2v) is 4.32. The van der Waals surface area contributed by atoms with E-state index in [-0.39, 0.29) is 5.91 Å². The Balaban J connectivity index is 3.44. The highest BCUT2D eigenvalue weighted by molar-refractivity contribution is 7.98. The van der Waals surface area contributed by atoms with Gasteiger partial charge in [-0.3, -0.25) is 4.79 Å². The third-order valence-electron chi connectivity index (χ3n) is 1.25. The lowest BCUT2D eigenvalue weighted by molar-refractivity contribution is -0.121. The number of amides is 1. The Morgan fingerprint density at radius 3 is 2.58 bits per heavy atom. The number of rotatable bonds is 5. The van der Waals surface area contributed by atoms with Crippen molar-refractivity contribution >= 4 is 17.7 Å². The molecule has 1 amide bonds. The van der Waals surface area contributed by atoms with Gasteiger partial charge in [-0.05, 0) is 20.1 Å². The fourth-order valence-electron chi connectivity index (χ4n) is 0.598. The van der Waals surface area contributed by atoms with E-state index in [0.717, 1.165) is 5.75 Å². The van der Waals surface area contributed by atoms with Crippen LogP contribution in [0.4, 0.5) is 0 Å². The van der Waals surface area contributed by atoms with Crippen LogP contribution in [0.1, 0.15) is 20.3 Å². The van der Waals surface area contributed by atoms with Gasteiger partial charge in [-0.2, -0.15) is 11.8 Å². The standard InChI is InChI=1S/C8H17NO2S/c1-8(2,11)6-9-7(10)4-5-12-3/h11H,4-6H2,1-3H3,(H,9,10). The second kappa shape index (κ2) is 5.43. The topological polar surface area (TPSA) is 49.3 Å². The predicted octanol–water partition coefficient (Wildman–Crippen LogP) is 0.627. The lowest BCUT2D eigenvalue weighted by Crippen LogP contribution is -2.38. The van der Waals surface area contributed by atoms with Crippen molar-refractivity contribution in [3.05, 3.63) is 0 Å². The minimum Gasteiger partial charge on any atom is -0.389 e. The smallest absolute Gasteiger partial charge is 0.220 e. The van der Waals surface area contributed by atoms with E-state index in [0.29, 0.717) is 13.0 Å². The monoisotopic (exact) mass is 191 g/mol. The van der Waals surface area contributed by atoms with E-state index in [1.165, 1.54) is 0 Å². The van der Waals surface area contributed by atoms with Crippen LogP contribution in [0.25, 0.3) is 0 Å². The number of hydrogen-bond donors (Lipinski definition) is 2. The van der Waals surface area contributed by atoms with Crippen LogP contribution in [-0.4, -0.2) is 35.2 Å². The first-order valence-electron chi connectivity index (χ1n) is 3.94. The van der Waals surface area contributed by atoms with E-state index >= 15 is 0 Å². The van der Waals surface area contributed by atoms with E-state index in [1.807, 2.05) is 6.26 Å². The lowest BCUT2D eigenvalue weighted by Gasteiger charge is -2.17. The van der Waals surface area contributed by atoms with Crippen molar-refractivity contribution < 1.29 is 9.90 Å². The molecule has 0 unspecified atom stereocenters. The van der Waals surface area contributed by atoms with Gasteiger partial charge < -0.3 is 10.4 Å². The van der Waals surface area contributed by atoms with Crippen molar-refractivity contribution in [2.45, 2.75) is 25.9 Å². The summed E-state index contributed by atoms with van der Waals surface area (Å²) in [5.41, 5.74) is -0.810. The lowest BCUT2D eigenvalue weighted by atomic mass is 10.1. The Bertz CT molecular complexity index is 142. The van der Waals surface area contributed by atoms with Crippen LogP contribution in [0, 0.1) is 0 Å². The number of hydrogen-bond acceptors (Lipinski definition) is 3. The van der Waals surface area contributed by atoms with E-state index in [9.17, 15) is 9.90 Å². The number of aliphatic hydroxyl groups is 1. The molecule has 0 aromatic rings. The van der Waals surface area contributed by atoms with E-state index < -0.39 is 5.60 Å². The fourth-order valence-corrected chi connectivity index (χ4v) is 0.988. The Labute approximate surface area is 77.9 Å². The first kappa shape index (κ1) is 11.8. The van der Waals surface area contributed by atoms with Crippen molar-refractivity contribution in [3.8, 4) is 0 Å². The van der Waals surface area contributed by atoms with Crippen LogP contribution in [0.5, 0.6) is 0 Å². The second-order valence-electron chi connectivity index (χ2n) is 3.33. The molecule has 0 saturated heterocycles. The minimum absolute atomic E-state index is 0.00600. The number of carbonyl (C=O) groups is 1. The average molecular weight is 191 g/mol. The fraction of sp³-hybridized carbons (Fsp3) is 0.875. The Morgan fingerprint density at radius 2 is 2.17 bits per heavy atom. The van der Waals surface area contributed by atoms with Crippen LogP contribution >= 0.6 is 11.8 Å². The van der Waals surface area contributed by atoms with Crippen LogP contribution < -0.4 is 5.32 Å². The molecule has 12 heavy (non-hydrogen) atoms. The maximum absolute atomic E-state index is 11.0. The van der Waals surface area contributed by atoms with Crippen molar-refractivity contribution in [3.63, 3.8) is 0 Å². The summed E-state index contributed by atoms with van der Waals surface area (Å²) < 4.78 is 0.